The summed E-state index contributed by atoms with van der Waals surface area (Å²) in [5.41, 5.74) is 7.60. The minimum Gasteiger partial charge on any atom is -0.369 e. The van der Waals surface area contributed by atoms with Gasteiger partial charge in [-0.25, -0.2) is 9.97 Å². The van der Waals surface area contributed by atoms with Crippen LogP contribution in [0.25, 0.3) is 11.2 Å². The maximum Gasteiger partial charge on any atom is 0.202 e. The number of hydrogen-bond donors (Lipinski definition) is 1. The summed E-state index contributed by atoms with van der Waals surface area (Å²) in [6.45, 7) is 2.12. The Morgan fingerprint density at radius 1 is 1.62 bits per heavy atom. The second-order valence-corrected chi connectivity index (χ2v) is 5.47. The van der Waals surface area contributed by atoms with Gasteiger partial charge in [0.05, 0.1) is 0 Å². The molecule has 0 spiro atoms. The summed E-state index contributed by atoms with van der Waals surface area (Å²) in [4.78, 5) is 8.69. The fourth-order valence-electron chi connectivity index (χ4n) is 1.73. The van der Waals surface area contributed by atoms with Crippen LogP contribution in [-0.2, 0) is 0 Å². The number of imidazole rings is 1. The standard InChI is InChI=1S/C10H13BrN4S/c1-6(5-16-2)15-9-8(14-10(15)12)3-7(11)4-13-9/h3-4,6H,5H2,1-2H3,(H2,12,14). The van der Waals surface area contributed by atoms with Crippen LogP contribution < -0.4 is 5.73 Å². The van der Waals surface area contributed by atoms with E-state index >= 15 is 0 Å². The molecule has 2 aromatic heterocycles. The van der Waals surface area contributed by atoms with Crippen LogP contribution in [-0.4, -0.2) is 26.5 Å². The van der Waals surface area contributed by atoms with Crippen molar-refractivity contribution in [3.8, 4) is 0 Å². The fraction of sp³-hybridized carbons (Fsp3) is 0.400. The molecular weight excluding hydrogens is 288 g/mol. The summed E-state index contributed by atoms with van der Waals surface area (Å²) in [5.74, 6) is 1.52. The Hall–Kier alpha value is -0.750. The van der Waals surface area contributed by atoms with Crippen LogP contribution in [0.2, 0.25) is 0 Å². The zero-order valence-corrected chi connectivity index (χ0v) is 11.5. The number of nitrogen functional groups attached to an aromatic ring is 1. The van der Waals surface area contributed by atoms with Gasteiger partial charge in [-0.1, -0.05) is 0 Å². The van der Waals surface area contributed by atoms with Gasteiger partial charge in [0.1, 0.15) is 5.52 Å². The number of nitrogens with zero attached hydrogens (tertiary/aromatic N) is 3. The second kappa shape index (κ2) is 4.63. The summed E-state index contributed by atoms with van der Waals surface area (Å²) >= 11 is 5.16. The van der Waals surface area contributed by atoms with E-state index in [2.05, 4.69) is 39.1 Å². The van der Waals surface area contributed by atoms with Crippen molar-refractivity contribution in [2.24, 2.45) is 0 Å². The number of rotatable bonds is 3. The van der Waals surface area contributed by atoms with E-state index in [1.54, 1.807) is 18.0 Å². The van der Waals surface area contributed by atoms with Crippen molar-refractivity contribution in [3.63, 3.8) is 0 Å². The van der Waals surface area contributed by atoms with Crippen LogP contribution in [0.15, 0.2) is 16.7 Å². The molecule has 1 unspecified atom stereocenters. The molecule has 0 saturated carbocycles. The SMILES string of the molecule is CSCC(C)n1c(N)nc2cc(Br)cnc21. The van der Waals surface area contributed by atoms with Crippen molar-refractivity contribution >= 4 is 44.8 Å². The van der Waals surface area contributed by atoms with Gasteiger partial charge in [-0.05, 0) is 35.2 Å². The minimum absolute atomic E-state index is 0.300. The lowest BCUT2D eigenvalue weighted by molar-refractivity contribution is 0.632. The smallest absolute Gasteiger partial charge is 0.202 e. The molecule has 2 heterocycles. The Kier molecular flexibility index (Phi) is 3.39. The maximum absolute atomic E-state index is 5.92. The lowest BCUT2D eigenvalue weighted by atomic mass is 10.3. The van der Waals surface area contributed by atoms with Gasteiger partial charge in [0.2, 0.25) is 5.95 Å². The number of pyridine rings is 1. The predicted octanol–water partition coefficient (Wildman–Crippen LogP) is 2.70. The van der Waals surface area contributed by atoms with Crippen LogP contribution in [0.5, 0.6) is 0 Å². The number of thioether (sulfide) groups is 1. The molecule has 16 heavy (non-hydrogen) atoms. The zero-order chi connectivity index (χ0) is 11.7. The third-order valence-electron chi connectivity index (χ3n) is 2.37. The van der Waals surface area contributed by atoms with Crippen molar-refractivity contribution < 1.29 is 0 Å². The lowest BCUT2D eigenvalue weighted by Crippen LogP contribution is -2.11. The molecular formula is C10H13BrN4S. The average Bonchev–Trinajstić information content (AvgIpc) is 2.53. The summed E-state index contributed by atoms with van der Waals surface area (Å²) in [5, 5.41) is 0. The van der Waals surface area contributed by atoms with Gasteiger partial charge in [0.25, 0.3) is 0 Å². The van der Waals surface area contributed by atoms with E-state index in [1.165, 1.54) is 0 Å². The van der Waals surface area contributed by atoms with E-state index in [4.69, 9.17) is 5.73 Å². The molecule has 2 aromatic rings. The number of halogens is 1. The van der Waals surface area contributed by atoms with Gasteiger partial charge < -0.3 is 5.73 Å². The van der Waals surface area contributed by atoms with Crippen LogP contribution >= 0.6 is 27.7 Å². The topological polar surface area (TPSA) is 56.7 Å². The first-order valence-electron chi connectivity index (χ1n) is 4.91. The highest BCUT2D eigenvalue weighted by Crippen LogP contribution is 2.24. The van der Waals surface area contributed by atoms with Gasteiger partial charge in [0, 0.05) is 22.5 Å². The first-order valence-corrected chi connectivity index (χ1v) is 7.10. The monoisotopic (exact) mass is 300 g/mol. The third kappa shape index (κ3) is 2.04. The van der Waals surface area contributed by atoms with Crippen molar-refractivity contribution in [2.75, 3.05) is 17.7 Å². The van der Waals surface area contributed by atoms with Crippen LogP contribution in [0.3, 0.4) is 0 Å². The van der Waals surface area contributed by atoms with Gasteiger partial charge in [0.15, 0.2) is 5.65 Å². The zero-order valence-electron chi connectivity index (χ0n) is 9.14. The largest absolute Gasteiger partial charge is 0.369 e. The Bertz CT molecular complexity index is 511. The van der Waals surface area contributed by atoms with Crippen LogP contribution in [0, 0.1) is 0 Å². The highest BCUT2D eigenvalue weighted by Gasteiger charge is 2.14. The summed E-state index contributed by atoms with van der Waals surface area (Å²) in [6.07, 6.45) is 3.85. The number of hydrogen-bond acceptors (Lipinski definition) is 4. The number of nitrogens with two attached hydrogens (primary N) is 1. The normalized spacial score (nSPS) is 13.2. The van der Waals surface area contributed by atoms with Gasteiger partial charge >= 0.3 is 0 Å². The Morgan fingerprint density at radius 3 is 3.06 bits per heavy atom. The van der Waals surface area contributed by atoms with Crippen molar-refractivity contribution in [3.05, 3.63) is 16.7 Å². The van der Waals surface area contributed by atoms with E-state index in [0.29, 0.717) is 12.0 Å². The highest BCUT2D eigenvalue weighted by atomic mass is 79.9. The number of fused-ring (bicyclic) bond motifs is 1. The Labute approximate surface area is 107 Å². The molecule has 0 bridgehead atoms. The molecule has 0 aliphatic carbocycles. The summed E-state index contributed by atoms with van der Waals surface area (Å²) in [6, 6.07) is 2.23. The molecule has 6 heteroatoms. The van der Waals surface area contributed by atoms with Gasteiger partial charge in [-0.3, -0.25) is 4.57 Å². The Morgan fingerprint density at radius 2 is 2.38 bits per heavy atom. The first-order chi connectivity index (χ1) is 7.63. The minimum atomic E-state index is 0.300. The highest BCUT2D eigenvalue weighted by molar-refractivity contribution is 9.10. The first kappa shape index (κ1) is 11.7. The fourth-order valence-corrected chi connectivity index (χ4v) is 2.68. The van der Waals surface area contributed by atoms with E-state index in [1.807, 2.05) is 10.6 Å². The molecule has 0 aromatic carbocycles. The molecule has 86 valence electrons. The summed E-state index contributed by atoms with van der Waals surface area (Å²) < 4.78 is 2.90. The van der Waals surface area contributed by atoms with E-state index in [-0.39, 0.29) is 0 Å². The molecule has 0 radical (unpaired) electrons. The van der Waals surface area contributed by atoms with Crippen molar-refractivity contribution in [1.29, 1.82) is 0 Å². The quantitative estimate of drug-likeness (QED) is 0.947. The van der Waals surface area contributed by atoms with Crippen molar-refractivity contribution in [1.82, 2.24) is 14.5 Å². The molecule has 4 nitrogen and oxygen atoms in total. The molecule has 0 aliphatic heterocycles. The molecule has 0 fully saturated rings. The predicted molar refractivity (Wildman–Crippen MR) is 72.7 cm³/mol. The molecule has 2 rings (SSSR count). The van der Waals surface area contributed by atoms with Gasteiger partial charge in [-0.15, -0.1) is 0 Å². The van der Waals surface area contributed by atoms with Crippen molar-refractivity contribution in [2.45, 2.75) is 13.0 Å². The summed E-state index contributed by atoms with van der Waals surface area (Å²) in [7, 11) is 0. The average molecular weight is 301 g/mol. The lowest BCUT2D eigenvalue weighted by Gasteiger charge is -2.13. The maximum atomic E-state index is 5.92. The Balaban J connectivity index is 2.55. The molecule has 0 saturated heterocycles. The molecule has 1 atom stereocenters. The van der Waals surface area contributed by atoms with E-state index < -0.39 is 0 Å². The van der Waals surface area contributed by atoms with Crippen LogP contribution in [0.4, 0.5) is 5.95 Å². The van der Waals surface area contributed by atoms with Crippen LogP contribution in [0.1, 0.15) is 13.0 Å². The molecule has 2 N–H and O–H groups in total. The number of aromatic nitrogens is 3. The molecule has 0 aliphatic rings. The van der Waals surface area contributed by atoms with Gasteiger partial charge in [-0.2, -0.15) is 11.8 Å². The number of anilines is 1. The molecule has 0 amide bonds. The third-order valence-corrected chi connectivity index (χ3v) is 3.62. The van der Waals surface area contributed by atoms with E-state index in [9.17, 15) is 0 Å². The second-order valence-electron chi connectivity index (χ2n) is 3.64. The van der Waals surface area contributed by atoms with E-state index in [0.717, 1.165) is 21.4 Å².